The number of aromatic nitrogens is 2. The van der Waals surface area contributed by atoms with Crippen molar-refractivity contribution in [3.8, 4) is 0 Å². The molecule has 0 fully saturated rings. The molecule has 0 saturated carbocycles. The predicted octanol–water partition coefficient (Wildman–Crippen LogP) is 2.68. The lowest BCUT2D eigenvalue weighted by Crippen LogP contribution is -2.09. The molecule has 1 heterocycles. The maximum Gasteiger partial charge on any atom is 0.0544 e. The van der Waals surface area contributed by atoms with Crippen LogP contribution in [0, 0.1) is 0 Å². The van der Waals surface area contributed by atoms with Crippen LogP contribution in [0.1, 0.15) is 51.1 Å². The third-order valence-electron chi connectivity index (χ3n) is 3.05. The van der Waals surface area contributed by atoms with Gasteiger partial charge in [-0.3, -0.25) is 4.68 Å². The van der Waals surface area contributed by atoms with Crippen LogP contribution >= 0.6 is 0 Å². The first-order valence-electron chi connectivity index (χ1n) is 6.39. The Bertz CT molecular complexity index is 283. The highest BCUT2D eigenvalue weighted by Crippen LogP contribution is 2.10. The average Bonchev–Trinajstić information content (AvgIpc) is 2.67. The standard InChI is InChI=1S/C13H24N2O/c1-3-4-5-6-7-13(16)9-8-12-10-11-14-15(12)2/h10-11,13,16H,3-9H2,1-2H3. The van der Waals surface area contributed by atoms with E-state index >= 15 is 0 Å². The lowest BCUT2D eigenvalue weighted by Gasteiger charge is -2.10. The maximum atomic E-state index is 9.81. The van der Waals surface area contributed by atoms with Gasteiger partial charge in [-0.2, -0.15) is 5.10 Å². The van der Waals surface area contributed by atoms with E-state index < -0.39 is 0 Å². The lowest BCUT2D eigenvalue weighted by atomic mass is 10.0. The Hall–Kier alpha value is -0.830. The minimum absolute atomic E-state index is 0.147. The van der Waals surface area contributed by atoms with Crippen molar-refractivity contribution in [3.05, 3.63) is 18.0 Å². The molecule has 0 aliphatic heterocycles. The van der Waals surface area contributed by atoms with E-state index in [0.717, 1.165) is 25.7 Å². The quantitative estimate of drug-likeness (QED) is 0.689. The third-order valence-corrected chi connectivity index (χ3v) is 3.05. The van der Waals surface area contributed by atoms with Gasteiger partial charge in [0, 0.05) is 18.9 Å². The SMILES string of the molecule is CCCCCCC(O)CCc1ccnn1C. The fourth-order valence-electron chi connectivity index (χ4n) is 1.91. The first-order chi connectivity index (χ1) is 7.74. The summed E-state index contributed by atoms with van der Waals surface area (Å²) >= 11 is 0. The zero-order chi connectivity index (χ0) is 11.8. The molecule has 16 heavy (non-hydrogen) atoms. The van der Waals surface area contributed by atoms with Gasteiger partial charge in [-0.1, -0.05) is 32.6 Å². The van der Waals surface area contributed by atoms with Gasteiger partial charge in [0.2, 0.25) is 0 Å². The van der Waals surface area contributed by atoms with E-state index in [0.29, 0.717) is 0 Å². The molecule has 0 amide bonds. The molecule has 1 atom stereocenters. The molecule has 1 aromatic heterocycles. The molecule has 3 heteroatoms. The molecule has 0 aliphatic carbocycles. The van der Waals surface area contributed by atoms with Crippen LogP contribution in [0.2, 0.25) is 0 Å². The molecule has 1 rings (SSSR count). The molecule has 0 spiro atoms. The predicted molar refractivity (Wildman–Crippen MR) is 66.3 cm³/mol. The molecule has 0 aromatic carbocycles. The van der Waals surface area contributed by atoms with E-state index in [1.165, 1.54) is 25.0 Å². The minimum atomic E-state index is -0.147. The topological polar surface area (TPSA) is 38.1 Å². The Labute approximate surface area is 98.5 Å². The Balaban J connectivity index is 2.10. The number of aryl methyl sites for hydroxylation is 2. The molecule has 92 valence electrons. The van der Waals surface area contributed by atoms with Gasteiger partial charge >= 0.3 is 0 Å². The number of rotatable bonds is 8. The van der Waals surface area contributed by atoms with Crippen molar-refractivity contribution in [1.29, 1.82) is 0 Å². The smallest absolute Gasteiger partial charge is 0.0544 e. The van der Waals surface area contributed by atoms with E-state index in [1.807, 2.05) is 24.0 Å². The summed E-state index contributed by atoms with van der Waals surface area (Å²) in [5.74, 6) is 0. The normalized spacial score (nSPS) is 12.9. The van der Waals surface area contributed by atoms with E-state index in [-0.39, 0.29) is 6.10 Å². The van der Waals surface area contributed by atoms with Gasteiger partial charge in [0.1, 0.15) is 0 Å². The van der Waals surface area contributed by atoms with Crippen molar-refractivity contribution in [2.45, 2.75) is 58.0 Å². The molecular formula is C13H24N2O. The van der Waals surface area contributed by atoms with Gasteiger partial charge in [-0.05, 0) is 25.3 Å². The van der Waals surface area contributed by atoms with E-state index in [9.17, 15) is 5.11 Å². The van der Waals surface area contributed by atoms with Crippen molar-refractivity contribution in [2.24, 2.45) is 7.05 Å². The van der Waals surface area contributed by atoms with Gasteiger partial charge in [-0.25, -0.2) is 0 Å². The first kappa shape index (κ1) is 13.2. The van der Waals surface area contributed by atoms with Gasteiger partial charge in [-0.15, -0.1) is 0 Å². The van der Waals surface area contributed by atoms with Crippen molar-refractivity contribution >= 4 is 0 Å². The third kappa shape index (κ3) is 4.79. The molecular weight excluding hydrogens is 200 g/mol. The molecule has 1 N–H and O–H groups in total. The summed E-state index contributed by atoms with van der Waals surface area (Å²) in [5.41, 5.74) is 1.20. The van der Waals surface area contributed by atoms with Crippen LogP contribution in [0.25, 0.3) is 0 Å². The lowest BCUT2D eigenvalue weighted by molar-refractivity contribution is 0.150. The van der Waals surface area contributed by atoms with E-state index in [2.05, 4.69) is 12.0 Å². The van der Waals surface area contributed by atoms with Crippen LogP contribution in [0.5, 0.6) is 0 Å². The minimum Gasteiger partial charge on any atom is -0.393 e. The number of aliphatic hydroxyl groups excluding tert-OH is 1. The van der Waals surface area contributed by atoms with Crippen LogP contribution in [-0.2, 0) is 13.5 Å². The fraction of sp³-hybridized carbons (Fsp3) is 0.769. The van der Waals surface area contributed by atoms with Crippen molar-refractivity contribution in [2.75, 3.05) is 0 Å². The Morgan fingerprint density at radius 2 is 2.12 bits per heavy atom. The largest absolute Gasteiger partial charge is 0.393 e. The summed E-state index contributed by atoms with van der Waals surface area (Å²) in [6, 6.07) is 2.02. The van der Waals surface area contributed by atoms with E-state index in [4.69, 9.17) is 0 Å². The Morgan fingerprint density at radius 3 is 2.75 bits per heavy atom. The summed E-state index contributed by atoms with van der Waals surface area (Å²) in [4.78, 5) is 0. The molecule has 1 unspecified atom stereocenters. The fourth-order valence-corrected chi connectivity index (χ4v) is 1.91. The summed E-state index contributed by atoms with van der Waals surface area (Å²) in [5, 5.41) is 13.9. The summed E-state index contributed by atoms with van der Waals surface area (Å²) in [6.07, 6.45) is 9.32. The maximum absolute atomic E-state index is 9.81. The second kappa shape index (κ2) is 7.44. The van der Waals surface area contributed by atoms with Crippen LogP contribution in [0.3, 0.4) is 0 Å². The van der Waals surface area contributed by atoms with Crippen LogP contribution in [0.4, 0.5) is 0 Å². The molecule has 1 aromatic rings. The van der Waals surface area contributed by atoms with Crippen molar-refractivity contribution in [1.82, 2.24) is 9.78 Å². The number of hydrogen-bond donors (Lipinski definition) is 1. The van der Waals surface area contributed by atoms with Crippen LogP contribution in [0.15, 0.2) is 12.3 Å². The van der Waals surface area contributed by atoms with Gasteiger partial charge in [0.25, 0.3) is 0 Å². The zero-order valence-corrected chi connectivity index (χ0v) is 10.5. The highest BCUT2D eigenvalue weighted by molar-refractivity contribution is 4.99. The average molecular weight is 224 g/mol. The molecule has 0 radical (unpaired) electrons. The first-order valence-corrected chi connectivity index (χ1v) is 6.39. The highest BCUT2D eigenvalue weighted by Gasteiger charge is 2.06. The summed E-state index contributed by atoms with van der Waals surface area (Å²) < 4.78 is 1.88. The number of aliphatic hydroxyl groups is 1. The molecule has 0 aliphatic rings. The summed E-state index contributed by atoms with van der Waals surface area (Å²) in [7, 11) is 1.95. The Morgan fingerprint density at radius 1 is 1.31 bits per heavy atom. The number of nitrogens with zero attached hydrogens (tertiary/aromatic N) is 2. The Kier molecular flexibility index (Phi) is 6.16. The summed E-state index contributed by atoms with van der Waals surface area (Å²) in [6.45, 7) is 2.21. The van der Waals surface area contributed by atoms with Crippen LogP contribution < -0.4 is 0 Å². The molecule has 3 nitrogen and oxygen atoms in total. The number of hydrogen-bond acceptors (Lipinski definition) is 2. The molecule has 0 saturated heterocycles. The second-order valence-corrected chi connectivity index (χ2v) is 4.49. The van der Waals surface area contributed by atoms with Gasteiger partial charge < -0.3 is 5.11 Å². The zero-order valence-electron chi connectivity index (χ0n) is 10.5. The van der Waals surface area contributed by atoms with Crippen molar-refractivity contribution in [3.63, 3.8) is 0 Å². The second-order valence-electron chi connectivity index (χ2n) is 4.49. The highest BCUT2D eigenvalue weighted by atomic mass is 16.3. The van der Waals surface area contributed by atoms with Crippen LogP contribution in [-0.4, -0.2) is 21.0 Å². The van der Waals surface area contributed by atoms with Gasteiger partial charge in [0.15, 0.2) is 0 Å². The number of unbranched alkanes of at least 4 members (excludes halogenated alkanes) is 3. The van der Waals surface area contributed by atoms with Crippen molar-refractivity contribution < 1.29 is 5.11 Å². The van der Waals surface area contributed by atoms with Gasteiger partial charge in [0.05, 0.1) is 6.10 Å². The molecule has 0 bridgehead atoms. The monoisotopic (exact) mass is 224 g/mol. The van der Waals surface area contributed by atoms with E-state index in [1.54, 1.807) is 0 Å².